The van der Waals surface area contributed by atoms with Crippen molar-refractivity contribution in [1.29, 1.82) is 0 Å². The van der Waals surface area contributed by atoms with Gasteiger partial charge in [0.15, 0.2) is 0 Å². The Labute approximate surface area is 156 Å². The molecule has 0 atom stereocenters. The van der Waals surface area contributed by atoms with Crippen LogP contribution in [-0.2, 0) is 14.8 Å². The molecule has 1 aromatic heterocycles. The predicted octanol–water partition coefficient (Wildman–Crippen LogP) is 3.61. The quantitative estimate of drug-likeness (QED) is 0.783. The molecule has 8 heteroatoms. The lowest BCUT2D eigenvalue weighted by Crippen LogP contribution is -2.33. The Morgan fingerprint density at radius 2 is 1.81 bits per heavy atom. The van der Waals surface area contributed by atoms with Crippen LogP contribution in [0.1, 0.15) is 25.7 Å². The number of anilines is 1. The largest absolute Gasteiger partial charge is 0.326 e. The van der Waals surface area contributed by atoms with Gasteiger partial charge in [-0.2, -0.15) is 0 Å². The molecule has 1 saturated carbocycles. The van der Waals surface area contributed by atoms with Gasteiger partial charge in [0, 0.05) is 18.2 Å². The van der Waals surface area contributed by atoms with E-state index in [1.807, 2.05) is 0 Å². The molecule has 26 heavy (non-hydrogen) atoms. The van der Waals surface area contributed by atoms with E-state index in [9.17, 15) is 17.6 Å². The fourth-order valence-corrected chi connectivity index (χ4v) is 5.28. The van der Waals surface area contributed by atoms with E-state index < -0.39 is 10.0 Å². The summed E-state index contributed by atoms with van der Waals surface area (Å²) in [5.41, 5.74) is 0.585. The van der Waals surface area contributed by atoms with Gasteiger partial charge in [-0.3, -0.25) is 4.79 Å². The van der Waals surface area contributed by atoms with Crippen molar-refractivity contribution in [2.24, 2.45) is 11.8 Å². The molecule has 0 unspecified atom stereocenters. The Kier molecular flexibility index (Phi) is 6.05. The van der Waals surface area contributed by atoms with Gasteiger partial charge in [-0.15, -0.1) is 11.3 Å². The molecule has 0 saturated heterocycles. The first-order chi connectivity index (χ1) is 12.4. The van der Waals surface area contributed by atoms with Crippen molar-refractivity contribution in [3.05, 3.63) is 47.6 Å². The Morgan fingerprint density at radius 3 is 2.42 bits per heavy atom. The first-order valence-electron chi connectivity index (χ1n) is 8.53. The summed E-state index contributed by atoms with van der Waals surface area (Å²) in [6, 6.07) is 9.00. The molecule has 2 aromatic rings. The third kappa shape index (κ3) is 4.90. The van der Waals surface area contributed by atoms with E-state index in [2.05, 4.69) is 10.0 Å². The van der Waals surface area contributed by atoms with Gasteiger partial charge in [0.1, 0.15) is 10.0 Å². The molecule has 1 amide bonds. The zero-order chi connectivity index (χ0) is 18.6. The number of halogens is 1. The fourth-order valence-electron chi connectivity index (χ4n) is 3.12. The normalized spacial score (nSPS) is 20.7. The molecule has 1 aromatic carbocycles. The number of amides is 1. The molecule has 5 nitrogen and oxygen atoms in total. The van der Waals surface area contributed by atoms with Crippen LogP contribution in [0.5, 0.6) is 0 Å². The molecular weight excluding hydrogens is 375 g/mol. The summed E-state index contributed by atoms with van der Waals surface area (Å²) in [7, 11) is -3.43. The number of sulfonamides is 1. The number of hydrogen-bond donors (Lipinski definition) is 2. The highest BCUT2D eigenvalue weighted by atomic mass is 32.2. The van der Waals surface area contributed by atoms with Crippen molar-refractivity contribution >= 4 is 33.0 Å². The van der Waals surface area contributed by atoms with E-state index >= 15 is 0 Å². The van der Waals surface area contributed by atoms with Gasteiger partial charge in [0.2, 0.25) is 15.9 Å². The second-order valence-corrected chi connectivity index (χ2v) is 9.44. The summed E-state index contributed by atoms with van der Waals surface area (Å²) < 4.78 is 40.2. The van der Waals surface area contributed by atoms with E-state index in [0.29, 0.717) is 16.4 Å². The van der Waals surface area contributed by atoms with Crippen molar-refractivity contribution in [2.75, 3.05) is 11.9 Å². The van der Waals surface area contributed by atoms with Gasteiger partial charge in [-0.25, -0.2) is 17.5 Å². The average Bonchev–Trinajstić information content (AvgIpc) is 3.18. The topological polar surface area (TPSA) is 75.3 Å². The first kappa shape index (κ1) is 19.0. The van der Waals surface area contributed by atoms with Crippen molar-refractivity contribution in [3.8, 4) is 0 Å². The SMILES string of the molecule is O=C(Nc1ccc(F)cc1)C1CCC(CNS(=O)(=O)c2cccs2)CC1. The molecule has 0 spiro atoms. The van der Waals surface area contributed by atoms with Gasteiger partial charge < -0.3 is 5.32 Å². The Hall–Kier alpha value is -1.77. The van der Waals surface area contributed by atoms with Crippen molar-refractivity contribution in [2.45, 2.75) is 29.9 Å². The predicted molar refractivity (Wildman–Crippen MR) is 100.0 cm³/mol. The van der Waals surface area contributed by atoms with Gasteiger partial charge in [-0.1, -0.05) is 6.07 Å². The van der Waals surface area contributed by atoms with Crippen LogP contribution in [0.4, 0.5) is 10.1 Å². The minimum atomic E-state index is -3.43. The Morgan fingerprint density at radius 1 is 1.12 bits per heavy atom. The van der Waals surface area contributed by atoms with Crippen LogP contribution in [0.15, 0.2) is 46.0 Å². The van der Waals surface area contributed by atoms with Gasteiger partial charge >= 0.3 is 0 Å². The lowest BCUT2D eigenvalue weighted by Gasteiger charge is -2.27. The van der Waals surface area contributed by atoms with E-state index in [4.69, 9.17) is 0 Å². The lowest BCUT2D eigenvalue weighted by atomic mass is 9.81. The van der Waals surface area contributed by atoms with Crippen LogP contribution in [0, 0.1) is 17.7 Å². The summed E-state index contributed by atoms with van der Waals surface area (Å²) in [5, 5.41) is 4.55. The molecule has 2 N–H and O–H groups in total. The molecule has 1 aliphatic rings. The molecule has 1 fully saturated rings. The number of nitrogens with one attached hydrogen (secondary N) is 2. The maximum atomic E-state index is 12.9. The second kappa shape index (κ2) is 8.28. The third-order valence-electron chi connectivity index (χ3n) is 4.65. The number of carbonyl (C=O) groups is 1. The van der Waals surface area contributed by atoms with Gasteiger partial charge in [0.25, 0.3) is 0 Å². The first-order valence-corrected chi connectivity index (χ1v) is 10.9. The van der Waals surface area contributed by atoms with Crippen LogP contribution < -0.4 is 10.0 Å². The summed E-state index contributed by atoms with van der Waals surface area (Å²) in [6.45, 7) is 0.395. The van der Waals surface area contributed by atoms with Crippen molar-refractivity contribution < 1.29 is 17.6 Å². The summed E-state index contributed by atoms with van der Waals surface area (Å²) in [5.74, 6) is -0.257. The number of hydrogen-bond acceptors (Lipinski definition) is 4. The smallest absolute Gasteiger partial charge is 0.250 e. The number of carbonyl (C=O) groups excluding carboxylic acids is 1. The van der Waals surface area contributed by atoms with E-state index in [1.165, 1.54) is 35.6 Å². The van der Waals surface area contributed by atoms with Crippen LogP contribution >= 0.6 is 11.3 Å². The number of rotatable bonds is 6. The highest BCUT2D eigenvalue weighted by Gasteiger charge is 2.27. The van der Waals surface area contributed by atoms with E-state index in [1.54, 1.807) is 17.5 Å². The number of thiophene rings is 1. The lowest BCUT2D eigenvalue weighted by molar-refractivity contribution is -0.121. The minimum Gasteiger partial charge on any atom is -0.326 e. The Balaban J connectivity index is 1.45. The minimum absolute atomic E-state index is 0.0609. The van der Waals surface area contributed by atoms with Crippen LogP contribution in [-0.4, -0.2) is 20.9 Å². The Bertz CT molecular complexity index is 828. The summed E-state index contributed by atoms with van der Waals surface area (Å²) in [4.78, 5) is 12.3. The molecule has 140 valence electrons. The van der Waals surface area contributed by atoms with Gasteiger partial charge in [-0.05, 0) is 67.3 Å². The molecular formula is C18H21FN2O3S2. The average molecular weight is 397 g/mol. The van der Waals surface area contributed by atoms with Gasteiger partial charge in [0.05, 0.1) is 0 Å². The molecule has 1 heterocycles. The maximum Gasteiger partial charge on any atom is 0.250 e. The molecule has 1 aliphatic carbocycles. The second-order valence-electron chi connectivity index (χ2n) is 6.50. The van der Waals surface area contributed by atoms with E-state index in [0.717, 1.165) is 25.7 Å². The molecule has 0 aliphatic heterocycles. The molecule has 0 bridgehead atoms. The van der Waals surface area contributed by atoms with Crippen LogP contribution in [0.25, 0.3) is 0 Å². The monoisotopic (exact) mass is 396 g/mol. The van der Waals surface area contributed by atoms with Crippen LogP contribution in [0.2, 0.25) is 0 Å². The highest BCUT2D eigenvalue weighted by molar-refractivity contribution is 7.91. The zero-order valence-electron chi connectivity index (χ0n) is 14.2. The van der Waals surface area contributed by atoms with Crippen LogP contribution in [0.3, 0.4) is 0 Å². The fraction of sp³-hybridized carbons (Fsp3) is 0.389. The van der Waals surface area contributed by atoms with Crippen molar-refractivity contribution in [3.63, 3.8) is 0 Å². The number of benzene rings is 1. The zero-order valence-corrected chi connectivity index (χ0v) is 15.8. The highest BCUT2D eigenvalue weighted by Crippen LogP contribution is 2.30. The summed E-state index contributed by atoms with van der Waals surface area (Å²) >= 11 is 1.20. The standard InChI is InChI=1S/C18H21FN2O3S2/c19-15-7-9-16(10-8-15)21-18(22)14-5-3-13(4-6-14)12-20-26(23,24)17-2-1-11-25-17/h1-2,7-11,13-14,20H,3-6,12H2,(H,21,22). The summed E-state index contributed by atoms with van der Waals surface area (Å²) in [6.07, 6.45) is 3.04. The third-order valence-corrected chi connectivity index (χ3v) is 7.47. The maximum absolute atomic E-state index is 12.9. The molecule has 3 rings (SSSR count). The van der Waals surface area contributed by atoms with E-state index in [-0.39, 0.29) is 23.6 Å². The van der Waals surface area contributed by atoms with Crippen molar-refractivity contribution in [1.82, 2.24) is 4.72 Å². The molecule has 0 radical (unpaired) electrons.